The molecule has 0 saturated heterocycles. The predicted octanol–water partition coefficient (Wildman–Crippen LogP) is 1.35. The molecule has 0 aliphatic carbocycles. The predicted molar refractivity (Wildman–Crippen MR) is 94.2 cm³/mol. The Kier molecular flexibility index (Phi) is 6.73. The van der Waals surface area contributed by atoms with Gasteiger partial charge in [-0.15, -0.1) is 0 Å². The van der Waals surface area contributed by atoms with E-state index in [2.05, 4.69) is 10.6 Å². The molecule has 27 heavy (non-hydrogen) atoms. The van der Waals surface area contributed by atoms with E-state index < -0.39 is 41.4 Å². The number of carbonyl (C=O) groups is 3. The summed E-state index contributed by atoms with van der Waals surface area (Å²) in [6, 6.07) is 9.16. The largest absolute Gasteiger partial charge is 0.344 e. The number of hydrogen-bond acceptors (Lipinski definition) is 4. The Hall–Kier alpha value is -3.13. The maximum Gasteiger partial charge on any atom is 0.248 e. The van der Waals surface area contributed by atoms with Gasteiger partial charge in [0, 0.05) is 6.07 Å². The van der Waals surface area contributed by atoms with Gasteiger partial charge in [0.2, 0.25) is 17.7 Å². The average molecular weight is 375 g/mol. The SMILES string of the molecule is C[C@H](NC(=O)Cc1cc(F)cc(F)c1)C(=O)NC(=O)[C@H](N)c1ccccc1. The average Bonchev–Trinajstić information content (AvgIpc) is 2.60. The van der Waals surface area contributed by atoms with E-state index in [0.717, 1.165) is 12.1 Å². The van der Waals surface area contributed by atoms with Gasteiger partial charge in [-0.1, -0.05) is 30.3 Å². The fourth-order valence-electron chi connectivity index (χ4n) is 2.38. The number of halogens is 2. The fourth-order valence-corrected chi connectivity index (χ4v) is 2.38. The van der Waals surface area contributed by atoms with E-state index in [1.165, 1.54) is 6.92 Å². The molecule has 0 aliphatic heterocycles. The van der Waals surface area contributed by atoms with Gasteiger partial charge in [0.1, 0.15) is 23.7 Å². The minimum absolute atomic E-state index is 0.125. The zero-order chi connectivity index (χ0) is 20.0. The molecule has 0 spiro atoms. The molecule has 0 heterocycles. The van der Waals surface area contributed by atoms with Gasteiger partial charge < -0.3 is 11.1 Å². The van der Waals surface area contributed by atoms with Crippen molar-refractivity contribution < 1.29 is 23.2 Å². The van der Waals surface area contributed by atoms with Crippen molar-refractivity contribution in [3.8, 4) is 0 Å². The Morgan fingerprint density at radius 1 is 1.00 bits per heavy atom. The molecule has 2 aromatic carbocycles. The quantitative estimate of drug-likeness (QED) is 0.709. The molecule has 8 heteroatoms. The van der Waals surface area contributed by atoms with Gasteiger partial charge >= 0.3 is 0 Å². The van der Waals surface area contributed by atoms with Crippen LogP contribution in [0.15, 0.2) is 48.5 Å². The molecule has 2 rings (SSSR count). The van der Waals surface area contributed by atoms with Gasteiger partial charge in [0.15, 0.2) is 0 Å². The molecule has 4 N–H and O–H groups in total. The lowest BCUT2D eigenvalue weighted by atomic mass is 10.1. The van der Waals surface area contributed by atoms with Gasteiger partial charge in [-0.05, 0) is 30.2 Å². The number of nitrogens with one attached hydrogen (secondary N) is 2. The summed E-state index contributed by atoms with van der Waals surface area (Å²) in [5.74, 6) is -3.68. The molecule has 2 aromatic rings. The van der Waals surface area contributed by atoms with Gasteiger partial charge in [-0.3, -0.25) is 19.7 Å². The van der Waals surface area contributed by atoms with Gasteiger partial charge in [0.05, 0.1) is 6.42 Å². The lowest BCUT2D eigenvalue weighted by molar-refractivity contribution is -0.134. The zero-order valence-electron chi connectivity index (χ0n) is 14.5. The van der Waals surface area contributed by atoms with Crippen molar-refractivity contribution in [3.05, 3.63) is 71.3 Å². The highest BCUT2D eigenvalue weighted by Crippen LogP contribution is 2.10. The van der Waals surface area contributed by atoms with Crippen LogP contribution in [-0.4, -0.2) is 23.8 Å². The van der Waals surface area contributed by atoms with Crippen LogP contribution in [0.1, 0.15) is 24.1 Å². The molecule has 2 atom stereocenters. The van der Waals surface area contributed by atoms with Gasteiger partial charge in [-0.25, -0.2) is 8.78 Å². The second-order valence-electron chi connectivity index (χ2n) is 5.99. The van der Waals surface area contributed by atoms with Gasteiger partial charge in [-0.2, -0.15) is 0 Å². The first-order valence-corrected chi connectivity index (χ1v) is 8.16. The molecule has 0 saturated carbocycles. The minimum Gasteiger partial charge on any atom is -0.344 e. The van der Waals surface area contributed by atoms with Crippen molar-refractivity contribution in [2.45, 2.75) is 25.4 Å². The van der Waals surface area contributed by atoms with Crippen molar-refractivity contribution in [2.24, 2.45) is 5.73 Å². The molecule has 0 radical (unpaired) electrons. The Balaban J connectivity index is 1.89. The monoisotopic (exact) mass is 375 g/mol. The van der Waals surface area contributed by atoms with E-state index in [1.54, 1.807) is 30.3 Å². The molecule has 0 aromatic heterocycles. The summed E-state index contributed by atoms with van der Waals surface area (Å²) >= 11 is 0. The van der Waals surface area contributed by atoms with Crippen molar-refractivity contribution in [3.63, 3.8) is 0 Å². The maximum atomic E-state index is 13.1. The van der Waals surface area contributed by atoms with E-state index in [9.17, 15) is 23.2 Å². The summed E-state index contributed by atoms with van der Waals surface area (Å²) in [6.07, 6.45) is -0.316. The van der Waals surface area contributed by atoms with E-state index >= 15 is 0 Å². The number of imide groups is 1. The van der Waals surface area contributed by atoms with Crippen LogP contribution in [0, 0.1) is 11.6 Å². The van der Waals surface area contributed by atoms with Crippen LogP contribution >= 0.6 is 0 Å². The van der Waals surface area contributed by atoms with Crippen molar-refractivity contribution in [1.29, 1.82) is 0 Å². The maximum absolute atomic E-state index is 13.1. The van der Waals surface area contributed by atoms with E-state index in [-0.39, 0.29) is 12.0 Å². The van der Waals surface area contributed by atoms with Crippen molar-refractivity contribution >= 4 is 17.7 Å². The summed E-state index contributed by atoms with van der Waals surface area (Å²) < 4.78 is 26.3. The Bertz CT molecular complexity index is 823. The molecular weight excluding hydrogens is 356 g/mol. The van der Waals surface area contributed by atoms with Crippen molar-refractivity contribution in [1.82, 2.24) is 10.6 Å². The van der Waals surface area contributed by atoms with Crippen LogP contribution in [0.25, 0.3) is 0 Å². The standard InChI is InChI=1S/C19H19F2N3O3/c1-11(23-16(25)9-12-7-14(20)10-15(21)8-12)18(26)24-19(27)17(22)13-5-3-2-4-6-13/h2-8,10-11,17H,9,22H2,1H3,(H,23,25)(H,24,26,27)/t11-,17+/m0/s1. The van der Waals surface area contributed by atoms with E-state index in [4.69, 9.17) is 5.73 Å². The van der Waals surface area contributed by atoms with Crippen LogP contribution in [0.5, 0.6) is 0 Å². The van der Waals surface area contributed by atoms with E-state index in [0.29, 0.717) is 11.6 Å². The first-order chi connectivity index (χ1) is 12.8. The number of hydrogen-bond donors (Lipinski definition) is 3. The van der Waals surface area contributed by atoms with Crippen LogP contribution < -0.4 is 16.4 Å². The van der Waals surface area contributed by atoms with Crippen LogP contribution in [0.2, 0.25) is 0 Å². The number of rotatable bonds is 6. The van der Waals surface area contributed by atoms with E-state index in [1.807, 2.05) is 0 Å². The second kappa shape index (κ2) is 9.00. The first kappa shape index (κ1) is 20.2. The van der Waals surface area contributed by atoms with Crippen LogP contribution in [-0.2, 0) is 20.8 Å². The second-order valence-corrected chi connectivity index (χ2v) is 5.99. The number of carbonyl (C=O) groups excluding carboxylic acids is 3. The Morgan fingerprint density at radius 2 is 1.59 bits per heavy atom. The third-order valence-corrected chi connectivity index (χ3v) is 3.75. The van der Waals surface area contributed by atoms with Gasteiger partial charge in [0.25, 0.3) is 0 Å². The minimum atomic E-state index is -1.04. The summed E-state index contributed by atoms with van der Waals surface area (Å²) in [5.41, 5.74) is 6.46. The third-order valence-electron chi connectivity index (χ3n) is 3.75. The third kappa shape index (κ3) is 5.96. The normalized spacial score (nSPS) is 12.7. The summed E-state index contributed by atoms with van der Waals surface area (Å²) in [5, 5.41) is 4.49. The highest BCUT2D eigenvalue weighted by atomic mass is 19.1. The summed E-state index contributed by atoms with van der Waals surface area (Å²) in [6.45, 7) is 1.38. The number of nitrogens with two attached hydrogens (primary N) is 1. The Labute approximate surface area is 154 Å². The lowest BCUT2D eigenvalue weighted by Crippen LogP contribution is -2.49. The molecule has 142 valence electrons. The molecule has 0 bridgehead atoms. The zero-order valence-corrected chi connectivity index (χ0v) is 14.5. The number of benzene rings is 2. The molecule has 0 aliphatic rings. The molecule has 6 nitrogen and oxygen atoms in total. The molecule has 0 fully saturated rings. The molecule has 0 unspecified atom stereocenters. The Morgan fingerprint density at radius 3 is 2.19 bits per heavy atom. The summed E-state index contributed by atoms with van der Waals surface area (Å²) in [4.78, 5) is 36.1. The topological polar surface area (TPSA) is 101 Å². The molecule has 3 amide bonds. The lowest BCUT2D eigenvalue weighted by Gasteiger charge is -2.16. The summed E-state index contributed by atoms with van der Waals surface area (Å²) in [7, 11) is 0. The van der Waals surface area contributed by atoms with Crippen LogP contribution in [0.4, 0.5) is 8.78 Å². The van der Waals surface area contributed by atoms with Crippen molar-refractivity contribution in [2.75, 3.05) is 0 Å². The molecular formula is C19H19F2N3O3. The highest BCUT2D eigenvalue weighted by Gasteiger charge is 2.22. The number of amides is 3. The van der Waals surface area contributed by atoms with Crippen LogP contribution in [0.3, 0.4) is 0 Å². The first-order valence-electron chi connectivity index (χ1n) is 8.16. The highest BCUT2D eigenvalue weighted by molar-refractivity contribution is 6.01. The smallest absolute Gasteiger partial charge is 0.248 e. The fraction of sp³-hybridized carbons (Fsp3) is 0.211.